The van der Waals surface area contributed by atoms with Crippen LogP contribution in [-0.2, 0) is 9.47 Å². The van der Waals surface area contributed by atoms with E-state index in [-0.39, 0.29) is 0 Å². The van der Waals surface area contributed by atoms with E-state index in [9.17, 15) is 0 Å². The first kappa shape index (κ1) is 19.9. The summed E-state index contributed by atoms with van der Waals surface area (Å²) in [5, 5.41) is 0. The molecule has 1 atom stereocenters. The summed E-state index contributed by atoms with van der Waals surface area (Å²) in [5.41, 5.74) is 1.43. The van der Waals surface area contributed by atoms with Crippen molar-refractivity contribution in [1.82, 2.24) is 0 Å². The van der Waals surface area contributed by atoms with Crippen molar-refractivity contribution in [3.8, 4) is 0 Å². The Labute approximate surface area is 154 Å². The molecule has 0 radical (unpaired) electrons. The topological polar surface area (TPSA) is 18.5 Å². The summed E-state index contributed by atoms with van der Waals surface area (Å²) in [7, 11) is 1.61. The van der Waals surface area contributed by atoms with E-state index in [0.29, 0.717) is 18.1 Å². The number of allylic oxidation sites excluding steroid dienone is 3. The summed E-state index contributed by atoms with van der Waals surface area (Å²) in [5.74, 6) is 4.15. The van der Waals surface area contributed by atoms with Crippen molar-refractivity contribution in [2.75, 3.05) is 13.7 Å². The van der Waals surface area contributed by atoms with Crippen LogP contribution in [0.5, 0.6) is 0 Å². The Morgan fingerprint density at radius 1 is 1.08 bits per heavy atom. The van der Waals surface area contributed by atoms with Crippen molar-refractivity contribution in [3.05, 3.63) is 48.5 Å². The Morgan fingerprint density at radius 2 is 1.80 bits per heavy atom. The molecule has 0 aromatic rings. The third-order valence-electron chi connectivity index (χ3n) is 5.96. The minimum atomic E-state index is 0.609. The first-order valence-corrected chi connectivity index (χ1v) is 10.0. The summed E-state index contributed by atoms with van der Waals surface area (Å²) in [6.07, 6.45) is 18.4. The summed E-state index contributed by atoms with van der Waals surface area (Å²) in [6, 6.07) is 0. The molecule has 0 heterocycles. The Bertz CT molecular complexity index is 492. The van der Waals surface area contributed by atoms with Crippen LogP contribution in [0.3, 0.4) is 0 Å². The van der Waals surface area contributed by atoms with Gasteiger partial charge >= 0.3 is 0 Å². The van der Waals surface area contributed by atoms with Gasteiger partial charge < -0.3 is 9.47 Å². The van der Waals surface area contributed by atoms with E-state index in [2.05, 4.69) is 26.2 Å². The predicted molar refractivity (Wildman–Crippen MR) is 106 cm³/mol. The lowest BCUT2D eigenvalue weighted by molar-refractivity contribution is 0.181. The maximum Gasteiger partial charge on any atom is 0.112 e. The van der Waals surface area contributed by atoms with Gasteiger partial charge in [-0.25, -0.2) is 0 Å². The van der Waals surface area contributed by atoms with Gasteiger partial charge in [-0.15, -0.1) is 0 Å². The van der Waals surface area contributed by atoms with E-state index in [1.54, 1.807) is 13.2 Å². The van der Waals surface area contributed by atoms with Crippen molar-refractivity contribution < 1.29 is 9.47 Å². The average molecular weight is 345 g/mol. The normalized spacial score (nSPS) is 27.0. The molecular formula is C23H36O2. The summed E-state index contributed by atoms with van der Waals surface area (Å²) < 4.78 is 10.7. The number of rotatable bonds is 9. The smallest absolute Gasteiger partial charge is 0.112 e. The van der Waals surface area contributed by atoms with Crippen LogP contribution in [0.2, 0.25) is 0 Å². The monoisotopic (exact) mass is 344 g/mol. The van der Waals surface area contributed by atoms with Crippen LogP contribution in [0.25, 0.3) is 0 Å². The molecule has 0 N–H and O–H groups in total. The Kier molecular flexibility index (Phi) is 8.37. The molecule has 0 amide bonds. The van der Waals surface area contributed by atoms with E-state index in [0.717, 1.165) is 17.8 Å². The number of hydrogen-bond acceptors (Lipinski definition) is 2. The molecule has 2 nitrogen and oxygen atoms in total. The van der Waals surface area contributed by atoms with Crippen LogP contribution in [0.15, 0.2) is 48.5 Å². The highest BCUT2D eigenvalue weighted by Gasteiger charge is 2.28. The number of hydrogen-bond donors (Lipinski definition) is 0. The second-order valence-corrected chi connectivity index (χ2v) is 7.73. The van der Waals surface area contributed by atoms with Gasteiger partial charge in [0.25, 0.3) is 0 Å². The zero-order chi connectivity index (χ0) is 18.1. The Balaban J connectivity index is 1.69. The van der Waals surface area contributed by atoms with Crippen LogP contribution >= 0.6 is 0 Å². The lowest BCUT2D eigenvalue weighted by Gasteiger charge is -2.35. The van der Waals surface area contributed by atoms with E-state index in [1.165, 1.54) is 63.4 Å². The van der Waals surface area contributed by atoms with Gasteiger partial charge in [-0.05, 0) is 67.6 Å². The molecule has 25 heavy (non-hydrogen) atoms. The Hall–Kier alpha value is -1.44. The zero-order valence-electron chi connectivity index (χ0n) is 16.3. The lowest BCUT2D eigenvalue weighted by atomic mass is 9.71. The van der Waals surface area contributed by atoms with Crippen LogP contribution < -0.4 is 0 Å². The zero-order valence-corrected chi connectivity index (χ0v) is 16.3. The molecule has 1 saturated carbocycles. The van der Waals surface area contributed by atoms with Gasteiger partial charge in [0.05, 0.1) is 7.11 Å². The molecule has 2 rings (SSSR count). The third kappa shape index (κ3) is 6.76. The number of methoxy groups -OCH3 is 1. The predicted octanol–water partition coefficient (Wildman–Crippen LogP) is 6.57. The van der Waals surface area contributed by atoms with Gasteiger partial charge in [0.1, 0.15) is 18.1 Å². The maximum atomic E-state index is 5.75. The minimum Gasteiger partial charge on any atom is -0.497 e. The van der Waals surface area contributed by atoms with Crippen molar-refractivity contribution in [2.45, 2.75) is 64.7 Å². The molecule has 2 heteroatoms. The third-order valence-corrected chi connectivity index (χ3v) is 5.96. The van der Waals surface area contributed by atoms with Crippen molar-refractivity contribution in [1.29, 1.82) is 0 Å². The fourth-order valence-electron chi connectivity index (χ4n) is 4.31. The highest BCUT2D eigenvalue weighted by atomic mass is 16.5. The molecule has 0 aromatic heterocycles. The summed E-state index contributed by atoms with van der Waals surface area (Å²) >= 11 is 0. The van der Waals surface area contributed by atoms with Crippen LogP contribution in [-0.4, -0.2) is 13.7 Å². The second-order valence-electron chi connectivity index (χ2n) is 7.73. The van der Waals surface area contributed by atoms with E-state index in [1.807, 2.05) is 6.08 Å². The second kappa shape index (κ2) is 10.5. The standard InChI is InChI=1S/C23H36O2/c1-5-6-20-9-13-22(14-10-20)23-15-11-21(12-16-23)17-25-19(3)8-7-18(2)24-4/h7-8,11,20,22-23H,2-3,5-6,9-10,12-17H2,1,4H3/b8-7-. The molecule has 2 aliphatic carbocycles. The molecule has 0 aromatic carbocycles. The summed E-state index contributed by atoms with van der Waals surface area (Å²) in [4.78, 5) is 0. The van der Waals surface area contributed by atoms with Crippen molar-refractivity contribution in [3.63, 3.8) is 0 Å². The van der Waals surface area contributed by atoms with Gasteiger partial charge in [-0.2, -0.15) is 0 Å². The van der Waals surface area contributed by atoms with E-state index >= 15 is 0 Å². The van der Waals surface area contributed by atoms with Crippen LogP contribution in [0.1, 0.15) is 64.7 Å². The van der Waals surface area contributed by atoms with Crippen molar-refractivity contribution in [2.24, 2.45) is 17.8 Å². The van der Waals surface area contributed by atoms with Crippen molar-refractivity contribution >= 4 is 0 Å². The molecule has 0 bridgehead atoms. The van der Waals surface area contributed by atoms with Gasteiger partial charge in [-0.1, -0.05) is 51.8 Å². The molecule has 1 fully saturated rings. The van der Waals surface area contributed by atoms with Gasteiger partial charge in [-0.3, -0.25) is 0 Å². The SMILES string of the molecule is C=C(/C=C\C(=C)OCC1=CCC(C2CCC(CCC)CC2)CC1)OC. The molecule has 0 spiro atoms. The first-order chi connectivity index (χ1) is 12.1. The van der Waals surface area contributed by atoms with Crippen LogP contribution in [0, 0.1) is 17.8 Å². The fourth-order valence-corrected chi connectivity index (χ4v) is 4.31. The van der Waals surface area contributed by atoms with Gasteiger partial charge in [0.15, 0.2) is 0 Å². The molecule has 0 aliphatic heterocycles. The lowest BCUT2D eigenvalue weighted by Crippen LogP contribution is -2.23. The molecule has 0 saturated heterocycles. The van der Waals surface area contributed by atoms with Gasteiger partial charge in [0, 0.05) is 0 Å². The Morgan fingerprint density at radius 3 is 2.40 bits per heavy atom. The van der Waals surface area contributed by atoms with E-state index in [4.69, 9.17) is 9.47 Å². The fraction of sp³-hybridized carbons (Fsp3) is 0.652. The largest absolute Gasteiger partial charge is 0.497 e. The maximum absolute atomic E-state index is 5.75. The molecular weight excluding hydrogens is 308 g/mol. The van der Waals surface area contributed by atoms with Gasteiger partial charge in [0.2, 0.25) is 0 Å². The summed E-state index contributed by atoms with van der Waals surface area (Å²) in [6.45, 7) is 10.7. The minimum absolute atomic E-state index is 0.609. The van der Waals surface area contributed by atoms with Crippen LogP contribution in [0.4, 0.5) is 0 Å². The van der Waals surface area contributed by atoms with E-state index < -0.39 is 0 Å². The average Bonchev–Trinajstić information content (AvgIpc) is 2.65. The number of ether oxygens (including phenoxy) is 2. The highest BCUT2D eigenvalue weighted by Crippen LogP contribution is 2.40. The molecule has 2 aliphatic rings. The molecule has 1 unspecified atom stereocenters. The first-order valence-electron chi connectivity index (χ1n) is 10.0. The quantitative estimate of drug-likeness (QED) is 0.268. The highest BCUT2D eigenvalue weighted by molar-refractivity contribution is 5.18. The molecule has 140 valence electrons.